The van der Waals surface area contributed by atoms with E-state index in [0.29, 0.717) is 24.6 Å². The summed E-state index contributed by atoms with van der Waals surface area (Å²) in [6.45, 7) is 1.79. The number of nitrogens with zero attached hydrogens (tertiary/aromatic N) is 1. The fourth-order valence-electron chi connectivity index (χ4n) is 3.42. The zero-order valence-electron chi connectivity index (χ0n) is 12.5. The minimum atomic E-state index is -0.980. The van der Waals surface area contributed by atoms with Crippen molar-refractivity contribution in [2.24, 2.45) is 0 Å². The molecule has 0 radical (unpaired) electrons. The standard InChI is InChI=1S/C16H21NO4S/c18-14(12-5-6-13(22-12)15(19)20)17-9-10-21-16(11-17)7-3-1-2-4-8-16/h5-6H,1-4,7-11H2,(H,19,20). The van der Waals surface area contributed by atoms with E-state index in [9.17, 15) is 9.59 Å². The van der Waals surface area contributed by atoms with E-state index in [1.807, 2.05) is 4.90 Å². The van der Waals surface area contributed by atoms with Crippen molar-refractivity contribution in [1.29, 1.82) is 0 Å². The first-order valence-corrected chi connectivity index (χ1v) is 8.68. The van der Waals surface area contributed by atoms with Gasteiger partial charge in [-0.3, -0.25) is 4.79 Å². The highest BCUT2D eigenvalue weighted by molar-refractivity contribution is 7.15. The number of carbonyl (C=O) groups is 2. The van der Waals surface area contributed by atoms with Gasteiger partial charge in [0.15, 0.2) is 0 Å². The third-order valence-electron chi connectivity index (χ3n) is 4.58. The number of morpholine rings is 1. The highest BCUT2D eigenvalue weighted by Crippen LogP contribution is 2.34. The van der Waals surface area contributed by atoms with Crippen LogP contribution in [-0.2, 0) is 4.74 Å². The Kier molecular flexibility index (Phi) is 4.49. The molecule has 0 unspecified atom stereocenters. The van der Waals surface area contributed by atoms with Gasteiger partial charge in [-0.25, -0.2) is 4.79 Å². The molecule has 120 valence electrons. The molecule has 2 heterocycles. The topological polar surface area (TPSA) is 66.8 Å². The summed E-state index contributed by atoms with van der Waals surface area (Å²) in [5.41, 5.74) is -0.183. The first kappa shape index (κ1) is 15.5. The van der Waals surface area contributed by atoms with Gasteiger partial charge in [0.25, 0.3) is 5.91 Å². The first-order valence-electron chi connectivity index (χ1n) is 7.86. The Hall–Kier alpha value is -1.40. The van der Waals surface area contributed by atoms with Crippen molar-refractivity contribution in [2.45, 2.75) is 44.1 Å². The molecule has 5 nitrogen and oxygen atoms in total. The van der Waals surface area contributed by atoms with Crippen LogP contribution in [0.1, 0.15) is 57.9 Å². The van der Waals surface area contributed by atoms with Gasteiger partial charge in [-0.1, -0.05) is 25.7 Å². The van der Waals surface area contributed by atoms with E-state index >= 15 is 0 Å². The van der Waals surface area contributed by atoms with Crippen LogP contribution in [0.5, 0.6) is 0 Å². The largest absolute Gasteiger partial charge is 0.477 e. The summed E-state index contributed by atoms with van der Waals surface area (Å²) in [6.07, 6.45) is 6.83. The lowest BCUT2D eigenvalue weighted by Gasteiger charge is -2.42. The lowest BCUT2D eigenvalue weighted by molar-refractivity contribution is -0.107. The minimum Gasteiger partial charge on any atom is -0.477 e. The van der Waals surface area contributed by atoms with Gasteiger partial charge in [0.05, 0.1) is 23.6 Å². The van der Waals surface area contributed by atoms with E-state index in [0.717, 1.165) is 37.0 Å². The molecule has 3 rings (SSSR count). The third kappa shape index (κ3) is 3.17. The summed E-state index contributed by atoms with van der Waals surface area (Å²) >= 11 is 1.05. The summed E-state index contributed by atoms with van der Waals surface area (Å²) < 4.78 is 6.06. The molecule has 2 fully saturated rings. The molecule has 6 heteroatoms. The van der Waals surface area contributed by atoms with Crippen molar-refractivity contribution in [3.05, 3.63) is 21.9 Å². The van der Waals surface area contributed by atoms with E-state index < -0.39 is 5.97 Å². The van der Waals surface area contributed by atoms with E-state index in [4.69, 9.17) is 9.84 Å². The zero-order valence-corrected chi connectivity index (χ0v) is 13.4. The number of ether oxygens (including phenoxy) is 1. The Morgan fingerprint density at radius 1 is 1.14 bits per heavy atom. The van der Waals surface area contributed by atoms with Crippen molar-refractivity contribution in [3.8, 4) is 0 Å². The molecule has 0 atom stereocenters. The summed E-state index contributed by atoms with van der Waals surface area (Å²) in [5, 5.41) is 8.99. The summed E-state index contributed by atoms with van der Waals surface area (Å²) in [5.74, 6) is -1.05. The quantitative estimate of drug-likeness (QED) is 0.908. The van der Waals surface area contributed by atoms with Gasteiger partial charge < -0.3 is 14.7 Å². The predicted molar refractivity (Wildman–Crippen MR) is 83.6 cm³/mol. The Morgan fingerprint density at radius 2 is 1.82 bits per heavy atom. The Morgan fingerprint density at radius 3 is 2.45 bits per heavy atom. The molecule has 1 aromatic heterocycles. The van der Waals surface area contributed by atoms with Crippen LogP contribution in [0.4, 0.5) is 0 Å². The first-order chi connectivity index (χ1) is 10.6. The monoisotopic (exact) mass is 323 g/mol. The average Bonchev–Trinajstić information content (AvgIpc) is 2.91. The summed E-state index contributed by atoms with van der Waals surface area (Å²) in [6, 6.07) is 3.12. The maximum Gasteiger partial charge on any atom is 0.345 e. The van der Waals surface area contributed by atoms with Gasteiger partial charge in [-0.2, -0.15) is 0 Å². The second-order valence-electron chi connectivity index (χ2n) is 6.14. The van der Waals surface area contributed by atoms with Crippen LogP contribution in [-0.4, -0.2) is 47.2 Å². The molecule has 1 saturated carbocycles. The van der Waals surface area contributed by atoms with Crippen molar-refractivity contribution in [3.63, 3.8) is 0 Å². The van der Waals surface area contributed by atoms with Crippen LogP contribution in [0.2, 0.25) is 0 Å². The summed E-state index contributed by atoms with van der Waals surface area (Å²) in [7, 11) is 0. The number of aromatic carboxylic acids is 1. The van der Waals surface area contributed by atoms with Crippen molar-refractivity contribution >= 4 is 23.2 Å². The normalized spacial score (nSPS) is 21.5. The second kappa shape index (κ2) is 6.38. The fraction of sp³-hybridized carbons (Fsp3) is 0.625. The average molecular weight is 323 g/mol. The lowest BCUT2D eigenvalue weighted by Crippen LogP contribution is -2.53. The maximum atomic E-state index is 12.6. The highest BCUT2D eigenvalue weighted by atomic mass is 32.1. The van der Waals surface area contributed by atoms with E-state index in [1.165, 1.54) is 18.9 Å². The number of thiophene rings is 1. The van der Waals surface area contributed by atoms with E-state index in [-0.39, 0.29) is 16.4 Å². The number of amides is 1. The Bertz CT molecular complexity index is 560. The number of carboxylic acids is 1. The molecule has 1 aliphatic heterocycles. The molecule has 1 amide bonds. The molecule has 1 spiro atoms. The number of carbonyl (C=O) groups excluding carboxylic acids is 1. The number of hydrogen-bond acceptors (Lipinski definition) is 4. The highest BCUT2D eigenvalue weighted by Gasteiger charge is 2.38. The zero-order chi connectivity index (χ0) is 15.6. The Labute approximate surface area is 133 Å². The lowest BCUT2D eigenvalue weighted by atomic mass is 9.92. The molecule has 22 heavy (non-hydrogen) atoms. The molecule has 1 N–H and O–H groups in total. The minimum absolute atomic E-state index is 0.0654. The van der Waals surface area contributed by atoms with Gasteiger partial charge in [0.1, 0.15) is 4.88 Å². The smallest absolute Gasteiger partial charge is 0.345 e. The second-order valence-corrected chi connectivity index (χ2v) is 7.23. The van der Waals surface area contributed by atoms with Crippen LogP contribution in [0.25, 0.3) is 0 Å². The van der Waals surface area contributed by atoms with E-state index in [1.54, 1.807) is 6.07 Å². The molecular formula is C16H21NO4S. The van der Waals surface area contributed by atoms with Crippen LogP contribution in [0.15, 0.2) is 12.1 Å². The van der Waals surface area contributed by atoms with Crippen LogP contribution in [0.3, 0.4) is 0 Å². The van der Waals surface area contributed by atoms with Gasteiger partial charge in [0.2, 0.25) is 0 Å². The fourth-order valence-corrected chi connectivity index (χ4v) is 4.23. The van der Waals surface area contributed by atoms with Crippen molar-refractivity contribution in [2.75, 3.05) is 19.7 Å². The molecule has 2 aliphatic rings. The number of carboxylic acid groups (broad SMARTS) is 1. The molecule has 1 aromatic rings. The van der Waals surface area contributed by atoms with Gasteiger partial charge in [-0.15, -0.1) is 11.3 Å². The van der Waals surface area contributed by atoms with Crippen molar-refractivity contribution in [1.82, 2.24) is 4.90 Å². The third-order valence-corrected chi connectivity index (χ3v) is 5.64. The van der Waals surface area contributed by atoms with Crippen LogP contribution in [0, 0.1) is 0 Å². The SMILES string of the molecule is O=C(O)c1ccc(C(=O)N2CCOC3(CCCCCC3)C2)s1. The number of rotatable bonds is 2. The Balaban J connectivity index is 1.73. The molecule has 1 saturated heterocycles. The molecular weight excluding hydrogens is 302 g/mol. The molecule has 0 bridgehead atoms. The summed E-state index contributed by atoms with van der Waals surface area (Å²) in [4.78, 5) is 26.1. The predicted octanol–water partition coefficient (Wildman–Crippen LogP) is 3.01. The van der Waals surface area contributed by atoms with Gasteiger partial charge >= 0.3 is 5.97 Å². The van der Waals surface area contributed by atoms with Crippen LogP contribution >= 0.6 is 11.3 Å². The molecule has 1 aliphatic carbocycles. The molecule has 0 aromatic carbocycles. The van der Waals surface area contributed by atoms with Gasteiger partial charge in [-0.05, 0) is 25.0 Å². The van der Waals surface area contributed by atoms with Crippen molar-refractivity contribution < 1.29 is 19.4 Å². The van der Waals surface area contributed by atoms with Crippen LogP contribution < -0.4 is 0 Å². The van der Waals surface area contributed by atoms with E-state index in [2.05, 4.69) is 0 Å². The van der Waals surface area contributed by atoms with Gasteiger partial charge in [0, 0.05) is 6.54 Å². The maximum absolute atomic E-state index is 12.6. The number of hydrogen-bond donors (Lipinski definition) is 1.